The van der Waals surface area contributed by atoms with Crippen LogP contribution in [0.15, 0.2) is 35.4 Å². The molecule has 1 aromatic heterocycles. The molecule has 0 bridgehead atoms. The van der Waals surface area contributed by atoms with Gasteiger partial charge in [0.15, 0.2) is 5.82 Å². The highest BCUT2D eigenvalue weighted by molar-refractivity contribution is 7.92. The van der Waals surface area contributed by atoms with Gasteiger partial charge in [0.25, 0.3) is 15.7 Å². The number of alkyl halides is 3. The van der Waals surface area contributed by atoms with Crippen molar-refractivity contribution in [2.24, 2.45) is 11.7 Å². The minimum absolute atomic E-state index is 0.0347. The van der Waals surface area contributed by atoms with Crippen molar-refractivity contribution in [1.82, 2.24) is 15.1 Å². The van der Waals surface area contributed by atoms with E-state index in [0.29, 0.717) is 12.8 Å². The number of nitrogens with one attached hydrogen (secondary N) is 2. The monoisotopic (exact) mass is 484 g/mol. The van der Waals surface area contributed by atoms with Gasteiger partial charge in [0.1, 0.15) is 5.56 Å². The number of primary amides is 1. The van der Waals surface area contributed by atoms with Gasteiger partial charge in [0, 0.05) is 17.9 Å². The average Bonchev–Trinajstić information content (AvgIpc) is 3.17. The molecule has 0 spiro atoms. The number of carbonyl (C=O) groups excluding carboxylic acids is 1. The summed E-state index contributed by atoms with van der Waals surface area (Å²) in [6.07, 6.45) is 3.54. The lowest BCUT2D eigenvalue weighted by molar-refractivity contribution is -0.0436. The Bertz CT molecular complexity index is 1160. The lowest BCUT2D eigenvalue weighted by atomic mass is 9.82. The van der Waals surface area contributed by atoms with Gasteiger partial charge in [0.2, 0.25) is 0 Å². The van der Waals surface area contributed by atoms with Crippen LogP contribution < -0.4 is 16.4 Å². The van der Waals surface area contributed by atoms with Crippen LogP contribution in [-0.2, 0) is 9.84 Å². The van der Waals surface area contributed by atoms with Gasteiger partial charge in [-0.15, -0.1) is 0 Å². The lowest BCUT2D eigenvalue weighted by Gasteiger charge is -2.32. The Hall–Kier alpha value is -3.11. The smallest absolute Gasteiger partial charge is 0.365 e. The van der Waals surface area contributed by atoms with Gasteiger partial charge in [-0.3, -0.25) is 9.48 Å². The topological polar surface area (TPSA) is 143 Å². The predicted molar refractivity (Wildman–Crippen MR) is 113 cm³/mol. The van der Waals surface area contributed by atoms with E-state index < -0.39 is 26.1 Å². The summed E-state index contributed by atoms with van der Waals surface area (Å²) in [6.45, 7) is 2.78. The number of nitrogens with two attached hydrogens (primary N) is 1. The molecular weight excluding hydrogens is 461 g/mol. The standard InChI is InChI=1S/C20H23F3N6O3S/c1-2-26-14-5-8-17(12(9-14)10-24)29-11-16(18(25)30)19(28-29)27-13-3-6-15(7-4-13)33(31,32)20(21,22)23/h3-4,6-7,11-12,14,17,26H,2,5,8-9H2,1H3,(H2,25,30)(H,27,28)/t12?,14?,17-/m0/s1. The van der Waals surface area contributed by atoms with E-state index in [9.17, 15) is 31.6 Å². The summed E-state index contributed by atoms with van der Waals surface area (Å²) >= 11 is 0. The number of rotatable bonds is 7. The van der Waals surface area contributed by atoms with Gasteiger partial charge < -0.3 is 16.4 Å². The molecule has 0 aliphatic heterocycles. The summed E-state index contributed by atoms with van der Waals surface area (Å²) in [5, 5.41) is 20.1. The maximum atomic E-state index is 12.7. The van der Waals surface area contributed by atoms with Crippen LogP contribution in [0.5, 0.6) is 0 Å². The predicted octanol–water partition coefficient (Wildman–Crippen LogP) is 2.86. The number of nitrogens with zero attached hydrogens (tertiary/aromatic N) is 3. The molecule has 0 radical (unpaired) electrons. The van der Waals surface area contributed by atoms with Crippen molar-refractivity contribution in [2.45, 2.75) is 48.7 Å². The Morgan fingerprint density at radius 1 is 1.30 bits per heavy atom. The molecule has 33 heavy (non-hydrogen) atoms. The van der Waals surface area contributed by atoms with Crippen LogP contribution in [0.3, 0.4) is 0 Å². The van der Waals surface area contributed by atoms with E-state index in [2.05, 4.69) is 21.8 Å². The van der Waals surface area contributed by atoms with E-state index in [-0.39, 0.29) is 35.1 Å². The van der Waals surface area contributed by atoms with Crippen molar-refractivity contribution in [2.75, 3.05) is 11.9 Å². The maximum absolute atomic E-state index is 12.7. The van der Waals surface area contributed by atoms with Gasteiger partial charge in [-0.2, -0.15) is 23.5 Å². The van der Waals surface area contributed by atoms with E-state index in [1.54, 1.807) is 0 Å². The van der Waals surface area contributed by atoms with Gasteiger partial charge in [-0.05, 0) is 50.1 Å². The Morgan fingerprint density at radius 2 is 1.97 bits per heavy atom. The summed E-state index contributed by atoms with van der Waals surface area (Å²) in [7, 11) is -5.47. The molecule has 1 aromatic carbocycles. The fraction of sp³-hybridized carbons (Fsp3) is 0.450. The second-order valence-corrected chi connectivity index (χ2v) is 9.65. The highest BCUT2D eigenvalue weighted by atomic mass is 32.2. The highest BCUT2D eigenvalue weighted by Crippen LogP contribution is 2.35. The van der Waals surface area contributed by atoms with Crippen molar-refractivity contribution in [3.8, 4) is 6.07 Å². The molecule has 13 heteroatoms. The zero-order valence-electron chi connectivity index (χ0n) is 17.6. The number of benzene rings is 1. The van der Waals surface area contributed by atoms with Gasteiger partial charge in [0.05, 0.1) is 22.9 Å². The molecule has 178 valence electrons. The number of halogens is 3. The first kappa shape index (κ1) is 24.5. The van der Waals surface area contributed by atoms with Crippen molar-refractivity contribution < 1.29 is 26.4 Å². The third-order valence-corrected chi connectivity index (χ3v) is 7.04. The fourth-order valence-electron chi connectivity index (χ4n) is 3.91. The minimum atomic E-state index is -5.47. The molecule has 1 aliphatic rings. The lowest BCUT2D eigenvalue weighted by Crippen LogP contribution is -2.38. The summed E-state index contributed by atoms with van der Waals surface area (Å²) in [5.74, 6) is -1.07. The largest absolute Gasteiger partial charge is 0.501 e. The molecule has 1 aliphatic carbocycles. The molecule has 0 saturated heterocycles. The summed E-state index contributed by atoms with van der Waals surface area (Å²) in [4.78, 5) is 11.0. The van der Waals surface area contributed by atoms with Gasteiger partial charge in [-0.25, -0.2) is 8.42 Å². The Kier molecular flexibility index (Phi) is 6.99. The molecule has 4 N–H and O–H groups in total. The van der Waals surface area contributed by atoms with Crippen molar-refractivity contribution >= 4 is 27.2 Å². The van der Waals surface area contributed by atoms with E-state index in [0.717, 1.165) is 37.2 Å². The number of sulfone groups is 1. The van der Waals surface area contributed by atoms with E-state index >= 15 is 0 Å². The van der Waals surface area contributed by atoms with E-state index in [1.807, 2.05) is 6.92 Å². The second kappa shape index (κ2) is 9.40. The second-order valence-electron chi connectivity index (χ2n) is 7.70. The quantitative estimate of drug-likeness (QED) is 0.548. The molecule has 1 fully saturated rings. The van der Waals surface area contributed by atoms with Gasteiger partial charge in [-0.1, -0.05) is 6.92 Å². The van der Waals surface area contributed by atoms with Crippen LogP contribution in [0.2, 0.25) is 0 Å². The normalized spacial score (nSPS) is 21.4. The molecule has 3 rings (SSSR count). The summed E-state index contributed by atoms with van der Waals surface area (Å²) in [5.41, 5.74) is 0.283. The number of aromatic nitrogens is 2. The van der Waals surface area contributed by atoms with Crippen LogP contribution >= 0.6 is 0 Å². The first-order chi connectivity index (χ1) is 15.5. The first-order valence-electron chi connectivity index (χ1n) is 10.2. The number of carbonyl (C=O) groups is 1. The molecular formula is C20H23F3N6O3S. The first-order valence-corrected chi connectivity index (χ1v) is 11.7. The minimum Gasteiger partial charge on any atom is -0.365 e. The molecule has 1 saturated carbocycles. The van der Waals surface area contributed by atoms with Crippen molar-refractivity contribution in [3.63, 3.8) is 0 Å². The number of nitriles is 1. The van der Waals surface area contributed by atoms with Crippen LogP contribution in [0.1, 0.15) is 42.6 Å². The Balaban J connectivity index is 1.85. The third kappa shape index (κ3) is 5.12. The fourth-order valence-corrected chi connectivity index (χ4v) is 4.67. The molecule has 3 atom stereocenters. The van der Waals surface area contributed by atoms with E-state index in [1.165, 1.54) is 10.9 Å². The average molecular weight is 485 g/mol. The SMILES string of the molecule is CCNC1CC[C@H](n2cc(C(N)=O)c(Nc3ccc(S(=O)(=O)C(F)(F)F)cc3)n2)C(C#N)C1. The van der Waals surface area contributed by atoms with Crippen LogP contribution in [0.4, 0.5) is 24.7 Å². The van der Waals surface area contributed by atoms with Crippen LogP contribution in [-0.4, -0.2) is 42.2 Å². The maximum Gasteiger partial charge on any atom is 0.501 e. The Labute approximate surface area is 188 Å². The molecule has 1 heterocycles. The molecule has 9 nitrogen and oxygen atoms in total. The number of hydrogen-bond acceptors (Lipinski definition) is 7. The van der Waals surface area contributed by atoms with Crippen LogP contribution in [0.25, 0.3) is 0 Å². The van der Waals surface area contributed by atoms with Gasteiger partial charge >= 0.3 is 5.51 Å². The molecule has 2 aromatic rings. The Morgan fingerprint density at radius 3 is 2.52 bits per heavy atom. The summed E-state index contributed by atoms with van der Waals surface area (Å²) < 4.78 is 62.7. The number of hydrogen-bond donors (Lipinski definition) is 3. The third-order valence-electron chi connectivity index (χ3n) is 5.54. The van der Waals surface area contributed by atoms with Crippen LogP contribution in [0, 0.1) is 17.2 Å². The van der Waals surface area contributed by atoms with E-state index in [4.69, 9.17) is 5.73 Å². The number of amides is 1. The molecule has 1 amide bonds. The van der Waals surface area contributed by atoms with Crippen molar-refractivity contribution in [1.29, 1.82) is 5.26 Å². The zero-order chi connectivity index (χ0) is 24.4. The molecule has 2 unspecified atom stereocenters. The summed E-state index contributed by atoms with van der Waals surface area (Å²) in [6, 6.07) is 6.09. The highest BCUT2D eigenvalue weighted by Gasteiger charge is 2.46. The number of anilines is 2. The zero-order valence-corrected chi connectivity index (χ0v) is 18.4. The van der Waals surface area contributed by atoms with Crippen molar-refractivity contribution in [3.05, 3.63) is 36.0 Å².